The number of halogens is 4. The van der Waals surface area contributed by atoms with Gasteiger partial charge in [-0.05, 0) is 37.6 Å². The van der Waals surface area contributed by atoms with E-state index in [1.54, 1.807) is 30.1 Å². The molecule has 0 radical (unpaired) electrons. The normalized spacial score (nSPS) is 15.9. The highest BCUT2D eigenvalue weighted by molar-refractivity contribution is 6.34. The van der Waals surface area contributed by atoms with Gasteiger partial charge in [-0.3, -0.25) is 19.3 Å². The van der Waals surface area contributed by atoms with Gasteiger partial charge in [-0.2, -0.15) is 13.2 Å². The van der Waals surface area contributed by atoms with Gasteiger partial charge < -0.3 is 14.9 Å². The molecule has 1 fully saturated rings. The van der Waals surface area contributed by atoms with Crippen molar-refractivity contribution in [3.63, 3.8) is 0 Å². The molecule has 2 aromatic rings. The molecular weight excluding hydrogens is 489 g/mol. The number of carboxylic acid groups (broad SMARTS) is 1. The zero-order valence-corrected chi connectivity index (χ0v) is 20.0. The number of aliphatic carboxylic acids is 1. The molecule has 12 heteroatoms. The number of carbonyl (C=O) groups is 3. The summed E-state index contributed by atoms with van der Waals surface area (Å²) >= 11 is 6.37. The summed E-state index contributed by atoms with van der Waals surface area (Å²) in [6.07, 6.45) is -4.73. The molecule has 2 heterocycles. The molecule has 1 aliphatic rings. The number of alkyl halides is 3. The molecule has 35 heavy (non-hydrogen) atoms. The Morgan fingerprint density at radius 1 is 1.26 bits per heavy atom. The van der Waals surface area contributed by atoms with Crippen molar-refractivity contribution in [2.45, 2.75) is 38.4 Å². The van der Waals surface area contributed by atoms with Crippen molar-refractivity contribution in [1.29, 1.82) is 0 Å². The highest BCUT2D eigenvalue weighted by Gasteiger charge is 2.41. The molecule has 1 aliphatic heterocycles. The van der Waals surface area contributed by atoms with Crippen LogP contribution in [0.25, 0.3) is 0 Å². The molecular formula is C23H24ClF3N4O4. The Labute approximate surface area is 204 Å². The number of rotatable bonds is 7. The molecule has 1 N–H and O–H groups in total. The number of nitrogens with zero attached hydrogens (tertiary/aromatic N) is 4. The molecule has 0 saturated carbocycles. The Kier molecular flexibility index (Phi) is 7.59. The molecule has 0 aliphatic carbocycles. The number of benzene rings is 1. The quantitative estimate of drug-likeness (QED) is 0.599. The number of carboxylic acids is 1. The second kappa shape index (κ2) is 10.1. The van der Waals surface area contributed by atoms with Crippen LogP contribution in [0.5, 0.6) is 0 Å². The van der Waals surface area contributed by atoms with E-state index in [2.05, 4.69) is 4.98 Å². The fourth-order valence-corrected chi connectivity index (χ4v) is 4.33. The molecule has 1 unspecified atom stereocenters. The number of aromatic nitrogens is 1. The van der Waals surface area contributed by atoms with Crippen molar-refractivity contribution in [1.82, 2.24) is 4.98 Å². The molecule has 1 atom stereocenters. The van der Waals surface area contributed by atoms with E-state index in [1.165, 1.54) is 18.9 Å². The maximum absolute atomic E-state index is 13.5. The maximum Gasteiger partial charge on any atom is 0.416 e. The van der Waals surface area contributed by atoms with Gasteiger partial charge in [0.15, 0.2) is 0 Å². The first-order valence-corrected chi connectivity index (χ1v) is 11.1. The maximum atomic E-state index is 13.5. The van der Waals surface area contributed by atoms with E-state index in [0.29, 0.717) is 11.4 Å². The number of anilines is 3. The van der Waals surface area contributed by atoms with Crippen molar-refractivity contribution in [2.24, 2.45) is 0 Å². The fourth-order valence-electron chi connectivity index (χ4n) is 4.01. The van der Waals surface area contributed by atoms with Crippen LogP contribution in [-0.2, 0) is 20.6 Å². The minimum atomic E-state index is -4.64. The zero-order valence-electron chi connectivity index (χ0n) is 19.3. The monoisotopic (exact) mass is 512 g/mol. The van der Waals surface area contributed by atoms with E-state index in [4.69, 9.17) is 16.7 Å². The third-order valence-corrected chi connectivity index (χ3v) is 6.02. The van der Waals surface area contributed by atoms with Gasteiger partial charge in [0.1, 0.15) is 11.9 Å². The van der Waals surface area contributed by atoms with Crippen LogP contribution in [0.4, 0.5) is 30.4 Å². The lowest BCUT2D eigenvalue weighted by Gasteiger charge is -2.31. The summed E-state index contributed by atoms with van der Waals surface area (Å²) in [4.78, 5) is 45.1. The highest BCUT2D eigenvalue weighted by atomic mass is 35.5. The first-order chi connectivity index (χ1) is 16.3. The van der Waals surface area contributed by atoms with Gasteiger partial charge in [0.2, 0.25) is 11.8 Å². The predicted molar refractivity (Wildman–Crippen MR) is 125 cm³/mol. The smallest absolute Gasteiger partial charge is 0.416 e. The molecule has 8 nitrogen and oxygen atoms in total. The lowest BCUT2D eigenvalue weighted by Crippen LogP contribution is -2.46. The number of pyridine rings is 1. The third kappa shape index (κ3) is 5.67. The van der Waals surface area contributed by atoms with Gasteiger partial charge in [-0.1, -0.05) is 17.7 Å². The lowest BCUT2D eigenvalue weighted by molar-refractivity contribution is -0.138. The van der Waals surface area contributed by atoms with E-state index in [-0.39, 0.29) is 42.3 Å². The number of carbonyl (C=O) groups excluding carboxylic acids is 2. The van der Waals surface area contributed by atoms with Crippen LogP contribution in [0.15, 0.2) is 30.3 Å². The fraction of sp³-hybridized carbons (Fsp3) is 0.391. The van der Waals surface area contributed by atoms with E-state index < -0.39 is 35.6 Å². The average molecular weight is 513 g/mol. The second-order valence-corrected chi connectivity index (χ2v) is 8.65. The minimum absolute atomic E-state index is 0.0257. The van der Waals surface area contributed by atoms with Crippen LogP contribution in [0, 0.1) is 6.92 Å². The third-order valence-electron chi connectivity index (χ3n) is 5.71. The molecule has 0 spiro atoms. The lowest BCUT2D eigenvalue weighted by atomic mass is 10.1. The number of hydrogen-bond donors (Lipinski definition) is 1. The van der Waals surface area contributed by atoms with Gasteiger partial charge >= 0.3 is 12.1 Å². The molecule has 2 amide bonds. The highest BCUT2D eigenvalue weighted by Crippen LogP contribution is 2.38. The van der Waals surface area contributed by atoms with Crippen molar-refractivity contribution in [2.75, 3.05) is 35.3 Å². The number of amides is 2. The molecule has 1 aromatic carbocycles. The van der Waals surface area contributed by atoms with Crippen LogP contribution in [0.2, 0.25) is 5.02 Å². The second-order valence-electron chi connectivity index (χ2n) is 8.24. The Morgan fingerprint density at radius 2 is 1.94 bits per heavy atom. The van der Waals surface area contributed by atoms with Crippen LogP contribution < -0.4 is 14.7 Å². The summed E-state index contributed by atoms with van der Waals surface area (Å²) in [6.45, 7) is 1.50. The number of likely N-dealkylation sites (N-methyl/N-ethyl adjacent to an activating group) is 1. The average Bonchev–Trinajstić information content (AvgIpc) is 3.16. The van der Waals surface area contributed by atoms with Crippen LogP contribution in [0.1, 0.15) is 30.5 Å². The molecule has 1 aromatic heterocycles. The number of hydrogen-bond acceptors (Lipinski definition) is 5. The van der Waals surface area contributed by atoms with Gasteiger partial charge in [-0.15, -0.1) is 0 Å². The summed E-state index contributed by atoms with van der Waals surface area (Å²) < 4.78 is 40.0. The summed E-state index contributed by atoms with van der Waals surface area (Å²) in [7, 11) is 3.10. The summed E-state index contributed by atoms with van der Waals surface area (Å²) in [5.74, 6) is -2.29. The SMILES string of the molecule is Cc1cc(C(F)(F)F)cc(N2C(=O)CCC2C(=O)N(C)c2cccc(Cl)c2N(C)CCC(=O)O)n1. The summed E-state index contributed by atoms with van der Waals surface area (Å²) in [5.41, 5.74) is -0.124. The molecule has 1 saturated heterocycles. The summed E-state index contributed by atoms with van der Waals surface area (Å²) in [6, 6.07) is 5.39. The molecule has 188 valence electrons. The van der Waals surface area contributed by atoms with Crippen LogP contribution in [0.3, 0.4) is 0 Å². The molecule has 0 bridgehead atoms. The predicted octanol–water partition coefficient (Wildman–Crippen LogP) is 4.13. The Morgan fingerprint density at radius 3 is 2.57 bits per heavy atom. The minimum Gasteiger partial charge on any atom is -0.481 e. The Balaban J connectivity index is 1.96. The summed E-state index contributed by atoms with van der Waals surface area (Å²) in [5, 5.41) is 9.28. The van der Waals surface area contributed by atoms with Gasteiger partial charge in [0.05, 0.1) is 28.4 Å². The van der Waals surface area contributed by atoms with E-state index in [9.17, 15) is 27.6 Å². The van der Waals surface area contributed by atoms with Gasteiger partial charge in [-0.25, -0.2) is 4.98 Å². The number of aryl methyl sites for hydroxylation is 1. The van der Waals surface area contributed by atoms with Crippen LogP contribution in [-0.4, -0.2) is 54.6 Å². The van der Waals surface area contributed by atoms with Crippen LogP contribution >= 0.6 is 11.6 Å². The van der Waals surface area contributed by atoms with Gasteiger partial charge in [0.25, 0.3) is 0 Å². The first-order valence-electron chi connectivity index (χ1n) is 10.7. The number of para-hydroxylation sites is 1. The van der Waals surface area contributed by atoms with Gasteiger partial charge in [0, 0.05) is 32.8 Å². The van der Waals surface area contributed by atoms with E-state index in [0.717, 1.165) is 17.0 Å². The van der Waals surface area contributed by atoms with Crippen molar-refractivity contribution < 1.29 is 32.7 Å². The Bertz CT molecular complexity index is 1160. The standard InChI is InChI=1S/C23H24ClF3N4O4/c1-13-11-14(23(25,26)27)12-18(28-13)31-17(7-8-19(31)32)22(35)30(3)16-6-4-5-15(24)21(16)29(2)10-9-20(33)34/h4-6,11-12,17H,7-10H2,1-3H3,(H,33,34). The first kappa shape index (κ1) is 26.3. The van der Waals surface area contributed by atoms with Crippen molar-refractivity contribution in [3.8, 4) is 0 Å². The van der Waals surface area contributed by atoms with Crippen molar-refractivity contribution >= 4 is 46.6 Å². The van der Waals surface area contributed by atoms with E-state index >= 15 is 0 Å². The molecule has 3 rings (SSSR count). The topological polar surface area (TPSA) is 94.1 Å². The van der Waals surface area contributed by atoms with Crippen molar-refractivity contribution in [3.05, 3.63) is 46.6 Å². The zero-order chi connectivity index (χ0) is 26.1. The van der Waals surface area contributed by atoms with E-state index in [1.807, 2.05) is 0 Å². The Hall–Kier alpha value is -3.34. The largest absolute Gasteiger partial charge is 0.481 e.